The number of carboxylic acid groups (broad SMARTS) is 1. The highest BCUT2D eigenvalue weighted by molar-refractivity contribution is 5.77. The van der Waals surface area contributed by atoms with Crippen molar-refractivity contribution < 1.29 is 9.90 Å². The number of aliphatic carboxylic acids is 1. The summed E-state index contributed by atoms with van der Waals surface area (Å²) in [6, 6.07) is 0. The quantitative estimate of drug-likeness (QED) is 0.744. The summed E-state index contributed by atoms with van der Waals surface area (Å²) in [5.41, 5.74) is 4.64. The van der Waals surface area contributed by atoms with Crippen LogP contribution >= 0.6 is 0 Å². The van der Waals surface area contributed by atoms with Gasteiger partial charge in [-0.2, -0.15) is 0 Å². The lowest BCUT2D eigenvalue weighted by Gasteiger charge is -2.32. The van der Waals surface area contributed by atoms with Crippen LogP contribution in [0.3, 0.4) is 0 Å². The van der Waals surface area contributed by atoms with E-state index in [0.717, 1.165) is 25.4 Å². The molecule has 1 aliphatic rings. The van der Waals surface area contributed by atoms with Gasteiger partial charge in [0.25, 0.3) is 0 Å². The number of piperidine rings is 1. The van der Waals surface area contributed by atoms with Gasteiger partial charge >= 0.3 is 5.97 Å². The van der Waals surface area contributed by atoms with Gasteiger partial charge in [0.15, 0.2) is 0 Å². The van der Waals surface area contributed by atoms with E-state index in [-0.39, 0.29) is 0 Å². The van der Waals surface area contributed by atoms with Crippen molar-refractivity contribution in [2.24, 2.45) is 11.7 Å². The summed E-state index contributed by atoms with van der Waals surface area (Å²) in [5.74, 6) is -0.0740. The SMILES string of the molecule is CCC1CCCN(CCCC(C)(N)C(=O)O)C1. The van der Waals surface area contributed by atoms with Crippen LogP contribution in [0.2, 0.25) is 0 Å². The molecule has 2 atom stereocenters. The summed E-state index contributed by atoms with van der Waals surface area (Å²) in [7, 11) is 0. The highest BCUT2D eigenvalue weighted by atomic mass is 16.4. The Bertz CT molecular complexity index is 254. The van der Waals surface area contributed by atoms with Crippen LogP contribution in [-0.2, 0) is 4.79 Å². The molecule has 0 saturated carbocycles. The first-order chi connectivity index (χ1) is 7.95. The molecule has 1 saturated heterocycles. The maximum absolute atomic E-state index is 10.9. The largest absolute Gasteiger partial charge is 0.480 e. The zero-order valence-electron chi connectivity index (χ0n) is 11.1. The summed E-state index contributed by atoms with van der Waals surface area (Å²) in [4.78, 5) is 13.3. The molecular formula is C13H26N2O2. The predicted octanol–water partition coefficient (Wildman–Crippen LogP) is 1.69. The Hall–Kier alpha value is -0.610. The number of nitrogens with zero attached hydrogens (tertiary/aromatic N) is 1. The van der Waals surface area contributed by atoms with Crippen LogP contribution in [0.4, 0.5) is 0 Å². The van der Waals surface area contributed by atoms with Gasteiger partial charge in [-0.25, -0.2) is 0 Å². The molecule has 1 aliphatic heterocycles. The zero-order valence-corrected chi connectivity index (χ0v) is 11.1. The Kier molecular flexibility index (Phi) is 5.40. The van der Waals surface area contributed by atoms with Crippen molar-refractivity contribution in [3.63, 3.8) is 0 Å². The van der Waals surface area contributed by atoms with E-state index in [1.54, 1.807) is 6.92 Å². The number of rotatable bonds is 6. The molecule has 0 aromatic carbocycles. The lowest BCUT2D eigenvalue weighted by molar-refractivity contribution is -0.143. The first-order valence-corrected chi connectivity index (χ1v) is 6.70. The van der Waals surface area contributed by atoms with Crippen LogP contribution in [0.25, 0.3) is 0 Å². The Morgan fingerprint density at radius 2 is 2.29 bits per heavy atom. The fourth-order valence-corrected chi connectivity index (χ4v) is 2.46. The predicted molar refractivity (Wildman–Crippen MR) is 68.9 cm³/mol. The normalized spacial score (nSPS) is 25.5. The third kappa shape index (κ3) is 4.64. The number of hydrogen-bond acceptors (Lipinski definition) is 3. The van der Waals surface area contributed by atoms with Crippen molar-refractivity contribution in [1.82, 2.24) is 4.90 Å². The topological polar surface area (TPSA) is 66.6 Å². The van der Waals surface area contributed by atoms with E-state index in [9.17, 15) is 4.79 Å². The van der Waals surface area contributed by atoms with Gasteiger partial charge in [0.1, 0.15) is 5.54 Å². The third-order valence-corrected chi connectivity index (χ3v) is 3.84. The summed E-state index contributed by atoms with van der Waals surface area (Å²) < 4.78 is 0. The first-order valence-electron chi connectivity index (χ1n) is 6.70. The van der Waals surface area contributed by atoms with Crippen LogP contribution in [0.5, 0.6) is 0 Å². The molecule has 0 spiro atoms. The van der Waals surface area contributed by atoms with E-state index >= 15 is 0 Å². The third-order valence-electron chi connectivity index (χ3n) is 3.84. The summed E-state index contributed by atoms with van der Waals surface area (Å²) in [6.45, 7) is 7.15. The maximum atomic E-state index is 10.9. The van der Waals surface area contributed by atoms with Crippen LogP contribution in [0.1, 0.15) is 46.0 Å². The molecular weight excluding hydrogens is 216 g/mol. The average molecular weight is 242 g/mol. The molecule has 17 heavy (non-hydrogen) atoms. The molecule has 100 valence electrons. The van der Waals surface area contributed by atoms with Gasteiger partial charge in [-0.05, 0) is 51.6 Å². The van der Waals surface area contributed by atoms with Crippen LogP contribution in [0.15, 0.2) is 0 Å². The fraction of sp³-hybridized carbons (Fsp3) is 0.923. The molecule has 4 heteroatoms. The minimum absolute atomic E-state index is 0.551. The molecule has 1 heterocycles. The van der Waals surface area contributed by atoms with Gasteiger partial charge in [0.05, 0.1) is 0 Å². The highest BCUT2D eigenvalue weighted by Gasteiger charge is 2.27. The molecule has 0 amide bonds. The molecule has 0 aromatic heterocycles. The smallest absolute Gasteiger partial charge is 0.323 e. The Morgan fingerprint density at radius 1 is 1.59 bits per heavy atom. The van der Waals surface area contributed by atoms with E-state index in [4.69, 9.17) is 10.8 Å². The molecule has 0 aromatic rings. The lowest BCUT2D eigenvalue weighted by Crippen LogP contribution is -2.45. The minimum Gasteiger partial charge on any atom is -0.480 e. The average Bonchev–Trinajstić information content (AvgIpc) is 2.29. The number of carboxylic acids is 1. The lowest BCUT2D eigenvalue weighted by atomic mass is 9.94. The molecule has 0 bridgehead atoms. The number of carbonyl (C=O) groups is 1. The van der Waals surface area contributed by atoms with Crippen LogP contribution in [0, 0.1) is 5.92 Å². The monoisotopic (exact) mass is 242 g/mol. The van der Waals surface area contributed by atoms with Crippen molar-refractivity contribution in [1.29, 1.82) is 0 Å². The van der Waals surface area contributed by atoms with Crippen molar-refractivity contribution >= 4 is 5.97 Å². The van der Waals surface area contributed by atoms with Gasteiger partial charge in [-0.15, -0.1) is 0 Å². The molecule has 0 radical (unpaired) electrons. The standard InChI is InChI=1S/C13H26N2O2/c1-3-11-6-4-8-15(10-11)9-5-7-13(2,14)12(16)17/h11H,3-10,14H2,1-2H3,(H,16,17). The van der Waals surface area contributed by atoms with Crippen molar-refractivity contribution in [2.75, 3.05) is 19.6 Å². The Balaban J connectivity index is 2.24. The number of nitrogens with two attached hydrogens (primary N) is 1. The van der Waals surface area contributed by atoms with Gasteiger partial charge in [0.2, 0.25) is 0 Å². The summed E-state index contributed by atoms with van der Waals surface area (Å²) in [5, 5.41) is 8.92. The van der Waals surface area contributed by atoms with Crippen molar-refractivity contribution in [3.05, 3.63) is 0 Å². The van der Waals surface area contributed by atoms with Gasteiger partial charge in [0, 0.05) is 6.54 Å². The van der Waals surface area contributed by atoms with Gasteiger partial charge < -0.3 is 15.7 Å². The molecule has 4 nitrogen and oxygen atoms in total. The number of hydrogen-bond donors (Lipinski definition) is 2. The van der Waals surface area contributed by atoms with E-state index in [1.165, 1.54) is 25.8 Å². The number of likely N-dealkylation sites (tertiary alicyclic amines) is 1. The second kappa shape index (κ2) is 6.36. The van der Waals surface area contributed by atoms with E-state index in [2.05, 4.69) is 11.8 Å². The van der Waals surface area contributed by atoms with E-state index < -0.39 is 11.5 Å². The van der Waals surface area contributed by atoms with E-state index in [1.807, 2.05) is 0 Å². The van der Waals surface area contributed by atoms with E-state index in [0.29, 0.717) is 6.42 Å². The second-order valence-corrected chi connectivity index (χ2v) is 5.54. The molecule has 3 N–H and O–H groups in total. The Morgan fingerprint density at radius 3 is 2.88 bits per heavy atom. The summed E-state index contributed by atoms with van der Waals surface area (Å²) >= 11 is 0. The van der Waals surface area contributed by atoms with Crippen molar-refractivity contribution in [2.45, 2.75) is 51.5 Å². The minimum atomic E-state index is -1.07. The second-order valence-electron chi connectivity index (χ2n) is 5.54. The maximum Gasteiger partial charge on any atom is 0.323 e. The fourth-order valence-electron chi connectivity index (χ4n) is 2.46. The van der Waals surface area contributed by atoms with Gasteiger partial charge in [-0.3, -0.25) is 4.79 Å². The summed E-state index contributed by atoms with van der Waals surface area (Å²) in [6.07, 6.45) is 5.29. The Labute approximate surface area is 104 Å². The first kappa shape index (κ1) is 14.5. The molecule has 2 unspecified atom stereocenters. The molecule has 1 fully saturated rings. The highest BCUT2D eigenvalue weighted by Crippen LogP contribution is 2.20. The molecule has 1 rings (SSSR count). The zero-order chi connectivity index (χ0) is 12.9. The van der Waals surface area contributed by atoms with Crippen LogP contribution < -0.4 is 5.73 Å². The van der Waals surface area contributed by atoms with Crippen LogP contribution in [-0.4, -0.2) is 41.1 Å². The van der Waals surface area contributed by atoms with Crippen molar-refractivity contribution in [3.8, 4) is 0 Å². The van der Waals surface area contributed by atoms with Gasteiger partial charge in [-0.1, -0.05) is 13.3 Å². The molecule has 0 aliphatic carbocycles.